The van der Waals surface area contributed by atoms with E-state index in [1.54, 1.807) is 0 Å². The van der Waals surface area contributed by atoms with Gasteiger partial charge in [0.2, 0.25) is 0 Å². The van der Waals surface area contributed by atoms with Crippen LogP contribution in [-0.2, 0) is 11.2 Å². The van der Waals surface area contributed by atoms with Crippen LogP contribution in [0.25, 0.3) is 0 Å². The minimum absolute atomic E-state index is 0.359. The zero-order valence-electron chi connectivity index (χ0n) is 19.2. The zero-order valence-corrected chi connectivity index (χ0v) is 22.1. The first-order chi connectivity index (χ1) is 14.1. The van der Waals surface area contributed by atoms with E-state index in [0.717, 1.165) is 32.4 Å². The number of unbranched alkanes of at least 4 members (excludes halogenated alkanes) is 3. The number of carbonyl (C=O) groups is 1. The van der Waals surface area contributed by atoms with Crippen molar-refractivity contribution in [1.82, 2.24) is 4.90 Å². The van der Waals surface area contributed by atoms with Gasteiger partial charge < -0.3 is 0 Å². The molecule has 1 aliphatic heterocycles. The molecular weight excluding hydrogens is 461 g/mol. The van der Waals surface area contributed by atoms with Crippen molar-refractivity contribution in [3.8, 4) is 0 Å². The summed E-state index contributed by atoms with van der Waals surface area (Å²) in [6, 6.07) is 10.6. The molecule has 0 spiro atoms. The Morgan fingerprint density at radius 2 is 1.52 bits per heavy atom. The Labute approximate surface area is 184 Å². The fraction of sp³-hybridized carbons (Fsp3) is 0.654. The molecule has 1 aromatic rings. The van der Waals surface area contributed by atoms with E-state index >= 15 is 0 Å². The molecule has 2 rings (SSSR count). The van der Waals surface area contributed by atoms with E-state index in [0.29, 0.717) is 5.91 Å². The van der Waals surface area contributed by atoms with E-state index in [1.807, 2.05) is 0 Å². The molecule has 0 aliphatic carbocycles. The molecule has 1 aliphatic rings. The second-order valence-electron chi connectivity index (χ2n) is 8.97. The second kappa shape index (κ2) is 13.5. The van der Waals surface area contributed by atoms with Crippen molar-refractivity contribution < 1.29 is 4.79 Å². The number of hydrogen-bond donors (Lipinski definition) is 0. The topological polar surface area (TPSA) is 20.3 Å². The number of hydrogen-bond acceptors (Lipinski definition) is 1. The third-order valence-electron chi connectivity index (χ3n) is 6.51. The standard InChI is InChI=1S/C14H16NO.3C4H9.Sn/c1-12-6-5-10-15(14(12)16)11-9-13-7-3-2-4-8-13;3*1-3-4-2;/h1-4,7-8H,5-6,9-11H2;3*1,3-4H2,2H3;. The van der Waals surface area contributed by atoms with Crippen LogP contribution in [0, 0.1) is 0 Å². The van der Waals surface area contributed by atoms with E-state index in [2.05, 4.69) is 60.1 Å². The monoisotopic (exact) mass is 505 g/mol. The van der Waals surface area contributed by atoms with Gasteiger partial charge in [-0.25, -0.2) is 0 Å². The van der Waals surface area contributed by atoms with Crippen LogP contribution in [0.3, 0.4) is 0 Å². The quantitative estimate of drug-likeness (QED) is 0.206. The minimum atomic E-state index is -2.41. The maximum atomic E-state index is 13.3. The first-order valence-electron chi connectivity index (χ1n) is 12.2. The molecule has 3 heteroatoms. The average Bonchev–Trinajstić information content (AvgIpc) is 2.76. The summed E-state index contributed by atoms with van der Waals surface area (Å²) in [7, 11) is 0. The summed E-state index contributed by atoms with van der Waals surface area (Å²) in [6.07, 6.45) is 11.1. The predicted octanol–water partition coefficient (Wildman–Crippen LogP) is 7.17. The third-order valence-corrected chi connectivity index (χ3v) is 20.8. The van der Waals surface area contributed by atoms with Crippen molar-refractivity contribution in [3.63, 3.8) is 0 Å². The van der Waals surface area contributed by atoms with Crippen molar-refractivity contribution in [2.45, 2.75) is 91.9 Å². The van der Waals surface area contributed by atoms with Gasteiger partial charge in [0.1, 0.15) is 0 Å². The van der Waals surface area contributed by atoms with Crippen LogP contribution >= 0.6 is 0 Å². The Morgan fingerprint density at radius 3 is 2.07 bits per heavy atom. The Morgan fingerprint density at radius 1 is 0.931 bits per heavy atom. The molecule has 0 bridgehead atoms. The van der Waals surface area contributed by atoms with E-state index < -0.39 is 18.4 Å². The molecule has 0 atom stereocenters. The van der Waals surface area contributed by atoms with Crippen LogP contribution in [0.5, 0.6) is 0 Å². The molecule has 0 unspecified atom stereocenters. The molecule has 162 valence electrons. The van der Waals surface area contributed by atoms with Gasteiger partial charge in [-0.2, -0.15) is 0 Å². The molecule has 29 heavy (non-hydrogen) atoms. The summed E-state index contributed by atoms with van der Waals surface area (Å²) < 4.78 is 7.02. The van der Waals surface area contributed by atoms with Gasteiger partial charge in [-0.15, -0.1) is 0 Å². The van der Waals surface area contributed by atoms with Gasteiger partial charge in [-0.05, 0) is 0 Å². The van der Waals surface area contributed by atoms with Crippen LogP contribution in [0.2, 0.25) is 13.3 Å². The molecule has 2 nitrogen and oxygen atoms in total. The second-order valence-corrected chi connectivity index (χ2v) is 21.9. The van der Waals surface area contributed by atoms with Gasteiger partial charge in [-0.3, -0.25) is 0 Å². The zero-order chi connectivity index (χ0) is 21.0. The normalized spacial score (nSPS) is 16.6. The summed E-state index contributed by atoms with van der Waals surface area (Å²) in [5.41, 5.74) is 2.53. The van der Waals surface area contributed by atoms with Gasteiger partial charge in [0.25, 0.3) is 0 Å². The molecule has 1 aromatic carbocycles. The van der Waals surface area contributed by atoms with Crippen LogP contribution in [0.15, 0.2) is 40.0 Å². The van der Waals surface area contributed by atoms with Crippen molar-refractivity contribution in [1.29, 1.82) is 0 Å². The van der Waals surface area contributed by atoms with Crippen molar-refractivity contribution >= 4 is 24.3 Å². The summed E-state index contributed by atoms with van der Waals surface area (Å²) in [5, 5.41) is 0. The van der Waals surface area contributed by atoms with E-state index in [-0.39, 0.29) is 0 Å². The predicted molar refractivity (Wildman–Crippen MR) is 129 cm³/mol. The molecule has 0 radical (unpaired) electrons. The summed E-state index contributed by atoms with van der Waals surface area (Å²) in [4.78, 5) is 15.5. The first kappa shape index (κ1) is 24.5. The average molecular weight is 504 g/mol. The molecule has 0 saturated carbocycles. The van der Waals surface area contributed by atoms with Crippen LogP contribution in [0.1, 0.15) is 77.7 Å². The van der Waals surface area contributed by atoms with Crippen molar-refractivity contribution in [3.05, 3.63) is 45.6 Å². The number of amides is 1. The Bertz CT molecular complexity index is 603. The van der Waals surface area contributed by atoms with Crippen LogP contribution in [-0.4, -0.2) is 42.3 Å². The van der Waals surface area contributed by atoms with E-state index in [4.69, 9.17) is 0 Å². The number of likely N-dealkylation sites (tertiary alicyclic amines) is 1. The Balaban J connectivity index is 2.14. The Kier molecular flexibility index (Phi) is 11.4. The Hall–Kier alpha value is -0.771. The summed E-state index contributed by atoms with van der Waals surface area (Å²) >= 11 is -2.41. The molecular formula is C26H43NOSn. The molecule has 1 fully saturated rings. The maximum absolute atomic E-state index is 13.3. The van der Waals surface area contributed by atoms with E-state index in [9.17, 15) is 4.79 Å². The molecule has 1 amide bonds. The fourth-order valence-corrected chi connectivity index (χ4v) is 20.0. The molecule has 1 saturated heterocycles. The number of carbonyl (C=O) groups excluding carboxylic acids is 1. The molecule has 0 N–H and O–H groups in total. The number of piperidine rings is 1. The number of nitrogens with zero attached hydrogens (tertiary/aromatic N) is 1. The van der Waals surface area contributed by atoms with Gasteiger partial charge in [0.05, 0.1) is 0 Å². The van der Waals surface area contributed by atoms with Gasteiger partial charge in [0, 0.05) is 0 Å². The third kappa shape index (κ3) is 8.11. The van der Waals surface area contributed by atoms with E-state index in [1.165, 1.54) is 63.0 Å². The van der Waals surface area contributed by atoms with Crippen molar-refractivity contribution in [2.75, 3.05) is 13.1 Å². The van der Waals surface area contributed by atoms with Gasteiger partial charge in [0.15, 0.2) is 0 Å². The van der Waals surface area contributed by atoms with Crippen LogP contribution in [0.4, 0.5) is 0 Å². The first-order valence-corrected chi connectivity index (χ1v) is 19.9. The molecule has 1 heterocycles. The number of benzene rings is 1. The fourth-order valence-electron chi connectivity index (χ4n) is 4.68. The summed E-state index contributed by atoms with van der Waals surface area (Å²) in [5.74, 6) is 0.359. The molecule has 0 aromatic heterocycles. The SMILES string of the molecule is CCC[CH2][Sn](/[CH]=C1/CCCN(CCc2ccccc2)C1=O)([CH2]CCC)[CH2]CCC. The number of rotatable bonds is 13. The van der Waals surface area contributed by atoms with Crippen LogP contribution < -0.4 is 0 Å². The van der Waals surface area contributed by atoms with Gasteiger partial charge in [-0.1, -0.05) is 0 Å². The van der Waals surface area contributed by atoms with Gasteiger partial charge >= 0.3 is 184 Å². The van der Waals surface area contributed by atoms with Crippen molar-refractivity contribution in [2.24, 2.45) is 0 Å². The summed E-state index contributed by atoms with van der Waals surface area (Å²) in [6.45, 7) is 8.76.